The van der Waals surface area contributed by atoms with Gasteiger partial charge < -0.3 is 0 Å². The van der Waals surface area contributed by atoms with Crippen LogP contribution in [0.15, 0.2) is 24.3 Å². The van der Waals surface area contributed by atoms with Crippen molar-refractivity contribution in [1.29, 1.82) is 5.39 Å². The first kappa shape index (κ1) is 8.69. The fourth-order valence-corrected chi connectivity index (χ4v) is 0.967. The molecule has 3 heteroatoms. The maximum Gasteiger partial charge on any atom is 0.385 e. The lowest BCUT2D eigenvalue weighted by atomic mass is 10.2. The summed E-state index contributed by atoms with van der Waals surface area (Å²) in [6.45, 7) is 0. The van der Waals surface area contributed by atoms with E-state index in [-0.39, 0.29) is 0 Å². The summed E-state index contributed by atoms with van der Waals surface area (Å²) >= 11 is 0. The Morgan fingerprint density at radius 3 is 1.92 bits per heavy atom. The summed E-state index contributed by atoms with van der Waals surface area (Å²) < 4.78 is 0.770. The molecule has 0 aliphatic rings. The SMILES string of the molecule is C[N+](C)(C)c1ccc([N+]#N)cc1. The lowest BCUT2D eigenvalue weighted by Gasteiger charge is -2.22. The van der Waals surface area contributed by atoms with Gasteiger partial charge in [-0.25, -0.2) is 0 Å². The summed E-state index contributed by atoms with van der Waals surface area (Å²) in [7, 11) is 6.27. The molecule has 0 amide bonds. The third-order valence-electron chi connectivity index (χ3n) is 1.74. The van der Waals surface area contributed by atoms with E-state index in [1.807, 2.05) is 12.1 Å². The Morgan fingerprint density at radius 2 is 1.58 bits per heavy atom. The Bertz CT molecular complexity index is 300. The number of benzene rings is 1. The number of diazo groups is 1. The van der Waals surface area contributed by atoms with Crippen LogP contribution in [-0.4, -0.2) is 21.1 Å². The molecule has 62 valence electrons. The van der Waals surface area contributed by atoms with E-state index in [2.05, 4.69) is 26.1 Å². The van der Waals surface area contributed by atoms with Crippen molar-refractivity contribution in [3.05, 3.63) is 29.2 Å². The molecular formula is C9H13N3+2. The Hall–Kier alpha value is -1.40. The highest BCUT2D eigenvalue weighted by Gasteiger charge is 2.13. The molecule has 0 atom stereocenters. The fourth-order valence-electron chi connectivity index (χ4n) is 0.967. The van der Waals surface area contributed by atoms with Gasteiger partial charge in [0.15, 0.2) is 4.98 Å². The summed E-state index contributed by atoms with van der Waals surface area (Å²) in [6, 6.07) is 7.49. The van der Waals surface area contributed by atoms with E-state index in [0.717, 1.165) is 4.48 Å². The van der Waals surface area contributed by atoms with Crippen LogP contribution >= 0.6 is 0 Å². The molecule has 0 heterocycles. The molecule has 1 rings (SSSR count). The van der Waals surface area contributed by atoms with E-state index in [4.69, 9.17) is 5.39 Å². The van der Waals surface area contributed by atoms with Crippen LogP contribution in [0.3, 0.4) is 0 Å². The van der Waals surface area contributed by atoms with Gasteiger partial charge in [0.25, 0.3) is 0 Å². The minimum absolute atomic E-state index is 0.590. The van der Waals surface area contributed by atoms with Crippen molar-refractivity contribution in [1.82, 2.24) is 4.48 Å². The summed E-state index contributed by atoms with van der Waals surface area (Å²) in [5.41, 5.74) is 1.77. The smallest absolute Gasteiger partial charge is 0.298 e. The van der Waals surface area contributed by atoms with E-state index in [1.165, 1.54) is 5.69 Å². The van der Waals surface area contributed by atoms with Gasteiger partial charge in [-0.3, -0.25) is 4.48 Å². The van der Waals surface area contributed by atoms with Gasteiger partial charge in [0.1, 0.15) is 5.69 Å². The van der Waals surface area contributed by atoms with Gasteiger partial charge >= 0.3 is 5.69 Å². The lowest BCUT2D eigenvalue weighted by molar-refractivity contribution is 0.486. The summed E-state index contributed by atoms with van der Waals surface area (Å²) in [5, 5.41) is 8.45. The summed E-state index contributed by atoms with van der Waals surface area (Å²) in [5.74, 6) is 0. The molecule has 3 nitrogen and oxygen atoms in total. The molecule has 0 fully saturated rings. The van der Waals surface area contributed by atoms with E-state index >= 15 is 0 Å². The van der Waals surface area contributed by atoms with Crippen LogP contribution in [0.5, 0.6) is 0 Å². The topological polar surface area (TPSA) is 28.1 Å². The summed E-state index contributed by atoms with van der Waals surface area (Å²) in [4.78, 5) is 3.09. The molecule has 0 aromatic heterocycles. The molecule has 0 spiro atoms. The molecule has 0 aliphatic heterocycles. The first-order chi connectivity index (χ1) is 5.54. The minimum atomic E-state index is 0.590. The second-order valence-electron chi connectivity index (χ2n) is 3.63. The van der Waals surface area contributed by atoms with Crippen LogP contribution in [-0.2, 0) is 0 Å². The molecule has 0 radical (unpaired) electrons. The minimum Gasteiger partial charge on any atom is -0.298 e. The first-order valence-corrected chi connectivity index (χ1v) is 3.81. The quantitative estimate of drug-likeness (QED) is 0.461. The van der Waals surface area contributed by atoms with E-state index in [9.17, 15) is 0 Å². The van der Waals surface area contributed by atoms with Gasteiger partial charge in [0.2, 0.25) is 5.39 Å². The molecule has 0 unspecified atom stereocenters. The first-order valence-electron chi connectivity index (χ1n) is 3.81. The molecule has 0 N–H and O–H groups in total. The van der Waals surface area contributed by atoms with Gasteiger partial charge in [-0.15, -0.1) is 0 Å². The highest BCUT2D eigenvalue weighted by molar-refractivity contribution is 5.52. The summed E-state index contributed by atoms with van der Waals surface area (Å²) in [6.07, 6.45) is 0. The molecule has 0 aliphatic carbocycles. The van der Waals surface area contributed by atoms with Crippen LogP contribution in [0, 0.1) is 5.39 Å². The molecule has 0 saturated heterocycles. The third-order valence-corrected chi connectivity index (χ3v) is 1.74. The Labute approximate surface area is 72.5 Å². The predicted octanol–water partition coefficient (Wildman–Crippen LogP) is 2.37. The zero-order chi connectivity index (χ0) is 9.19. The maximum atomic E-state index is 8.45. The predicted molar refractivity (Wildman–Crippen MR) is 50.8 cm³/mol. The monoisotopic (exact) mass is 163 g/mol. The van der Waals surface area contributed by atoms with Gasteiger partial charge in [0.05, 0.1) is 21.1 Å². The van der Waals surface area contributed by atoms with Crippen LogP contribution in [0.25, 0.3) is 4.98 Å². The highest BCUT2D eigenvalue weighted by atomic mass is 15.3. The van der Waals surface area contributed by atoms with Crippen molar-refractivity contribution < 1.29 is 0 Å². The zero-order valence-electron chi connectivity index (χ0n) is 7.65. The third kappa shape index (κ3) is 1.80. The largest absolute Gasteiger partial charge is 0.385 e. The van der Waals surface area contributed by atoms with E-state index in [0.29, 0.717) is 5.69 Å². The van der Waals surface area contributed by atoms with Gasteiger partial charge in [-0.05, 0) is 0 Å². The molecule has 1 aromatic rings. The number of hydrogen-bond acceptors (Lipinski definition) is 1. The maximum absolute atomic E-state index is 8.45. The van der Waals surface area contributed by atoms with Crippen LogP contribution < -0.4 is 4.48 Å². The van der Waals surface area contributed by atoms with Gasteiger partial charge in [0, 0.05) is 24.3 Å². The average molecular weight is 163 g/mol. The molecule has 0 bridgehead atoms. The average Bonchev–Trinajstić information content (AvgIpc) is 2.03. The molecule has 12 heavy (non-hydrogen) atoms. The normalized spacial score (nSPS) is 10.8. The molecular weight excluding hydrogens is 150 g/mol. The lowest BCUT2D eigenvalue weighted by Crippen LogP contribution is -2.34. The van der Waals surface area contributed by atoms with Crippen molar-refractivity contribution in [3.8, 4) is 0 Å². The highest BCUT2D eigenvalue weighted by Crippen LogP contribution is 2.20. The van der Waals surface area contributed by atoms with Gasteiger partial charge in [-0.2, -0.15) is 0 Å². The van der Waals surface area contributed by atoms with E-state index < -0.39 is 0 Å². The van der Waals surface area contributed by atoms with Crippen molar-refractivity contribution in [3.63, 3.8) is 0 Å². The van der Waals surface area contributed by atoms with Crippen molar-refractivity contribution >= 4 is 11.4 Å². The zero-order valence-corrected chi connectivity index (χ0v) is 7.65. The molecule has 1 aromatic carbocycles. The Balaban J connectivity index is 3.02. The Morgan fingerprint density at radius 1 is 1.08 bits per heavy atom. The number of hydrogen-bond donors (Lipinski definition) is 0. The van der Waals surface area contributed by atoms with Crippen LogP contribution in [0.2, 0.25) is 0 Å². The number of rotatable bonds is 1. The van der Waals surface area contributed by atoms with Crippen molar-refractivity contribution in [2.24, 2.45) is 0 Å². The second-order valence-corrected chi connectivity index (χ2v) is 3.63. The standard InChI is InChI=1S/C9H13N3/c1-12(2,3)9-6-4-8(11-10)5-7-9/h4-7H,1-3H3/q+2. The number of quaternary nitrogens is 1. The van der Waals surface area contributed by atoms with Crippen LogP contribution in [0.4, 0.5) is 11.4 Å². The van der Waals surface area contributed by atoms with E-state index in [1.54, 1.807) is 12.1 Å². The van der Waals surface area contributed by atoms with Gasteiger partial charge in [-0.1, -0.05) is 0 Å². The second kappa shape index (κ2) is 2.92. The van der Waals surface area contributed by atoms with Crippen LogP contribution in [0.1, 0.15) is 0 Å². The van der Waals surface area contributed by atoms with Crippen molar-refractivity contribution in [2.75, 3.05) is 21.1 Å². The Kier molecular flexibility index (Phi) is 2.11. The number of nitrogens with zero attached hydrogens (tertiary/aromatic N) is 3. The molecule has 0 saturated carbocycles. The fraction of sp³-hybridized carbons (Fsp3) is 0.333. The van der Waals surface area contributed by atoms with Crippen molar-refractivity contribution in [2.45, 2.75) is 0 Å².